The number of halogens is 1. The SMILES string of the molecule is CC(C)c1cccc(C(C)C)c1NC(=O)CSc1nn(-c2ccc(F)cc2)c(=S)s1. The summed E-state index contributed by atoms with van der Waals surface area (Å²) in [5.74, 6) is 0.458. The minimum atomic E-state index is -0.311. The van der Waals surface area contributed by atoms with Gasteiger partial charge in [0.15, 0.2) is 8.29 Å². The highest BCUT2D eigenvalue weighted by atomic mass is 32.2. The first-order valence-corrected chi connectivity index (χ1v) is 11.9. The minimum absolute atomic E-state index is 0.0792. The van der Waals surface area contributed by atoms with Crippen LogP contribution >= 0.6 is 35.3 Å². The van der Waals surface area contributed by atoms with Gasteiger partial charge < -0.3 is 5.32 Å². The van der Waals surface area contributed by atoms with Crippen LogP contribution in [0.15, 0.2) is 46.8 Å². The molecular formula is C22H24FN3OS3. The van der Waals surface area contributed by atoms with Gasteiger partial charge in [0.2, 0.25) is 5.91 Å². The predicted octanol–water partition coefficient (Wildman–Crippen LogP) is 6.78. The van der Waals surface area contributed by atoms with Gasteiger partial charge in [-0.2, -0.15) is 0 Å². The summed E-state index contributed by atoms with van der Waals surface area (Å²) >= 11 is 8.05. The molecule has 0 saturated heterocycles. The van der Waals surface area contributed by atoms with Crippen LogP contribution in [-0.2, 0) is 4.79 Å². The molecule has 0 saturated carbocycles. The van der Waals surface area contributed by atoms with Crippen molar-refractivity contribution in [3.63, 3.8) is 0 Å². The Morgan fingerprint density at radius 3 is 2.30 bits per heavy atom. The van der Waals surface area contributed by atoms with E-state index in [0.29, 0.717) is 25.8 Å². The lowest BCUT2D eigenvalue weighted by molar-refractivity contribution is -0.113. The third-order valence-electron chi connectivity index (χ3n) is 4.56. The van der Waals surface area contributed by atoms with Crippen LogP contribution in [0.5, 0.6) is 0 Å². The van der Waals surface area contributed by atoms with E-state index < -0.39 is 0 Å². The largest absolute Gasteiger partial charge is 0.325 e. The van der Waals surface area contributed by atoms with Crippen LogP contribution in [-0.4, -0.2) is 21.4 Å². The molecule has 2 aromatic carbocycles. The fourth-order valence-corrected chi connectivity index (χ4v) is 5.22. The molecular weight excluding hydrogens is 437 g/mol. The molecule has 0 bridgehead atoms. The Balaban J connectivity index is 1.72. The second-order valence-electron chi connectivity index (χ2n) is 7.48. The van der Waals surface area contributed by atoms with Crippen molar-refractivity contribution >= 4 is 46.9 Å². The van der Waals surface area contributed by atoms with Crippen LogP contribution in [0.2, 0.25) is 0 Å². The van der Waals surface area contributed by atoms with Gasteiger partial charge in [0.25, 0.3) is 0 Å². The molecule has 3 aromatic rings. The van der Waals surface area contributed by atoms with Crippen molar-refractivity contribution in [2.75, 3.05) is 11.1 Å². The second-order valence-corrected chi connectivity index (χ2v) is 10.3. The van der Waals surface area contributed by atoms with Gasteiger partial charge in [0.05, 0.1) is 11.4 Å². The number of amides is 1. The minimum Gasteiger partial charge on any atom is -0.325 e. The molecule has 0 atom stereocenters. The van der Waals surface area contributed by atoms with Crippen LogP contribution in [0.25, 0.3) is 5.69 Å². The monoisotopic (exact) mass is 461 g/mol. The Labute approximate surface area is 189 Å². The smallest absolute Gasteiger partial charge is 0.234 e. The molecule has 0 aliphatic carbocycles. The van der Waals surface area contributed by atoms with Gasteiger partial charge in [-0.3, -0.25) is 4.79 Å². The molecule has 4 nitrogen and oxygen atoms in total. The Kier molecular flexibility index (Phi) is 7.44. The first kappa shape index (κ1) is 22.7. The highest BCUT2D eigenvalue weighted by Crippen LogP contribution is 2.33. The molecule has 3 rings (SSSR count). The quantitative estimate of drug-likeness (QED) is 0.311. The van der Waals surface area contributed by atoms with Crippen LogP contribution < -0.4 is 5.32 Å². The molecule has 158 valence electrons. The van der Waals surface area contributed by atoms with Crippen molar-refractivity contribution < 1.29 is 9.18 Å². The molecule has 0 unspecified atom stereocenters. The van der Waals surface area contributed by atoms with E-state index in [-0.39, 0.29) is 17.5 Å². The van der Waals surface area contributed by atoms with E-state index in [1.165, 1.54) is 35.2 Å². The molecule has 0 aliphatic rings. The zero-order valence-corrected chi connectivity index (χ0v) is 19.8. The second kappa shape index (κ2) is 9.85. The van der Waals surface area contributed by atoms with E-state index in [0.717, 1.165) is 16.8 Å². The van der Waals surface area contributed by atoms with Gasteiger partial charge in [-0.15, -0.1) is 5.10 Å². The van der Waals surface area contributed by atoms with Crippen LogP contribution in [0.4, 0.5) is 10.1 Å². The number of carbonyl (C=O) groups excluding carboxylic acids is 1. The fraction of sp³-hybridized carbons (Fsp3) is 0.318. The summed E-state index contributed by atoms with van der Waals surface area (Å²) in [6.45, 7) is 8.49. The van der Waals surface area contributed by atoms with Gasteiger partial charge in [-0.25, -0.2) is 9.07 Å². The van der Waals surface area contributed by atoms with E-state index >= 15 is 0 Å². The summed E-state index contributed by atoms with van der Waals surface area (Å²) in [6.07, 6.45) is 0. The lowest BCUT2D eigenvalue weighted by Crippen LogP contribution is -2.17. The predicted molar refractivity (Wildman–Crippen MR) is 126 cm³/mol. The lowest BCUT2D eigenvalue weighted by atomic mass is 9.92. The summed E-state index contributed by atoms with van der Waals surface area (Å²) < 4.78 is 16.0. The number of carbonyl (C=O) groups is 1. The molecule has 0 spiro atoms. The number of para-hydroxylation sites is 1. The van der Waals surface area contributed by atoms with Crippen molar-refractivity contribution in [2.45, 2.75) is 43.9 Å². The van der Waals surface area contributed by atoms with E-state index in [4.69, 9.17) is 12.2 Å². The number of hydrogen-bond acceptors (Lipinski definition) is 5. The lowest BCUT2D eigenvalue weighted by Gasteiger charge is -2.20. The van der Waals surface area contributed by atoms with Gasteiger partial charge in [0.1, 0.15) is 5.82 Å². The Morgan fingerprint density at radius 2 is 1.73 bits per heavy atom. The van der Waals surface area contributed by atoms with E-state index in [9.17, 15) is 9.18 Å². The number of hydrogen-bond donors (Lipinski definition) is 1. The van der Waals surface area contributed by atoms with Crippen molar-refractivity contribution in [3.8, 4) is 5.69 Å². The van der Waals surface area contributed by atoms with E-state index in [1.807, 2.05) is 6.07 Å². The molecule has 1 amide bonds. The molecule has 30 heavy (non-hydrogen) atoms. The molecule has 0 radical (unpaired) electrons. The van der Waals surface area contributed by atoms with Gasteiger partial charge in [-0.05, 0) is 59.4 Å². The fourth-order valence-electron chi connectivity index (χ4n) is 3.06. The van der Waals surface area contributed by atoms with E-state index in [1.54, 1.807) is 16.8 Å². The number of rotatable bonds is 7. The third-order valence-corrected chi connectivity index (χ3v) is 6.93. The number of nitrogens with zero attached hydrogens (tertiary/aromatic N) is 2. The summed E-state index contributed by atoms with van der Waals surface area (Å²) in [7, 11) is 0. The Morgan fingerprint density at radius 1 is 1.13 bits per heavy atom. The summed E-state index contributed by atoms with van der Waals surface area (Å²) in [5.41, 5.74) is 3.88. The first-order valence-electron chi connectivity index (χ1n) is 9.67. The molecule has 8 heteroatoms. The highest BCUT2D eigenvalue weighted by molar-refractivity contribution is 8.01. The maximum absolute atomic E-state index is 13.2. The summed E-state index contributed by atoms with van der Waals surface area (Å²) in [6, 6.07) is 12.2. The zero-order valence-electron chi connectivity index (χ0n) is 17.3. The third kappa shape index (κ3) is 5.36. The summed E-state index contributed by atoms with van der Waals surface area (Å²) in [5, 5.41) is 7.59. The number of thioether (sulfide) groups is 1. The molecule has 1 N–H and O–H groups in total. The maximum Gasteiger partial charge on any atom is 0.234 e. The van der Waals surface area contributed by atoms with Crippen LogP contribution in [0.1, 0.15) is 50.7 Å². The average Bonchev–Trinajstić information content (AvgIpc) is 3.07. The van der Waals surface area contributed by atoms with Crippen LogP contribution in [0.3, 0.4) is 0 Å². The number of nitrogens with one attached hydrogen (secondary N) is 1. The first-order chi connectivity index (χ1) is 14.3. The standard InChI is InChI=1S/C22H24FN3OS3/c1-13(2)17-6-5-7-18(14(3)4)20(17)24-19(27)12-29-21-25-26(22(28)30-21)16-10-8-15(23)9-11-16/h5-11,13-14H,12H2,1-4H3,(H,24,27). The van der Waals surface area contributed by atoms with Crippen molar-refractivity contribution in [2.24, 2.45) is 0 Å². The number of aromatic nitrogens is 2. The van der Waals surface area contributed by atoms with Crippen molar-refractivity contribution in [3.05, 3.63) is 63.4 Å². The Hall–Kier alpha value is -2.03. The Bertz CT molecular complexity index is 1060. The van der Waals surface area contributed by atoms with Gasteiger partial charge in [-0.1, -0.05) is 69.0 Å². The topological polar surface area (TPSA) is 46.9 Å². The molecule has 0 fully saturated rings. The zero-order chi connectivity index (χ0) is 21.8. The molecule has 1 aromatic heterocycles. The van der Waals surface area contributed by atoms with Crippen LogP contribution in [0, 0.1) is 9.77 Å². The number of benzene rings is 2. The molecule has 0 aliphatic heterocycles. The average molecular weight is 462 g/mol. The number of anilines is 1. The van der Waals surface area contributed by atoms with Gasteiger partial charge in [0, 0.05) is 5.69 Å². The van der Waals surface area contributed by atoms with Gasteiger partial charge >= 0.3 is 0 Å². The van der Waals surface area contributed by atoms with E-state index in [2.05, 4.69) is 50.2 Å². The highest BCUT2D eigenvalue weighted by Gasteiger charge is 2.17. The molecule has 1 heterocycles. The maximum atomic E-state index is 13.2. The normalized spacial score (nSPS) is 11.3. The van der Waals surface area contributed by atoms with Crippen molar-refractivity contribution in [1.29, 1.82) is 0 Å². The summed E-state index contributed by atoms with van der Waals surface area (Å²) in [4.78, 5) is 12.7. The van der Waals surface area contributed by atoms with Crippen molar-refractivity contribution in [1.82, 2.24) is 9.78 Å².